The first kappa shape index (κ1) is 24.7. The topological polar surface area (TPSA) is 137 Å². The van der Waals surface area contributed by atoms with Gasteiger partial charge >= 0.3 is 5.97 Å². The Balaban J connectivity index is 1.45. The number of pyridine rings is 2. The van der Waals surface area contributed by atoms with Crippen LogP contribution in [0.1, 0.15) is 35.6 Å². The Bertz CT molecular complexity index is 1750. The summed E-state index contributed by atoms with van der Waals surface area (Å²) in [4.78, 5) is 41.8. The smallest absolute Gasteiger partial charge is 0.343 e. The predicted molar refractivity (Wildman–Crippen MR) is 140 cm³/mol. The van der Waals surface area contributed by atoms with Gasteiger partial charge in [-0.3, -0.25) is 14.9 Å². The quantitative estimate of drug-likeness (QED) is 0.192. The number of carbonyl (C=O) groups is 1. The molecule has 10 nitrogen and oxygen atoms in total. The fourth-order valence-corrected chi connectivity index (χ4v) is 5.31. The van der Waals surface area contributed by atoms with Crippen LogP contribution in [0.3, 0.4) is 0 Å². The Morgan fingerprint density at radius 1 is 1.21 bits per heavy atom. The van der Waals surface area contributed by atoms with Crippen LogP contribution < -0.4 is 10.9 Å². The van der Waals surface area contributed by atoms with Crippen LogP contribution in [0.2, 0.25) is 0 Å². The van der Waals surface area contributed by atoms with Gasteiger partial charge in [0.15, 0.2) is 5.60 Å². The van der Waals surface area contributed by atoms with Crippen LogP contribution in [0.15, 0.2) is 53.3 Å². The standard InChI is InChI=1S/C28H23FN4O6/c1-2-28(36)21-12-23-25-17(13-32(23)26(34)20(21)14-39-27(28)35)9-16-10-19(33(37)38)11-22(24(16)31-25)30-8-7-15-3-5-18(29)6-4-15/h3-6,9-12,30,36H,2,7-8,13-14H2,1H3/t28-/m0/s1. The summed E-state index contributed by atoms with van der Waals surface area (Å²) in [7, 11) is 0. The van der Waals surface area contributed by atoms with Crippen LogP contribution in [0, 0.1) is 15.9 Å². The molecule has 4 aromatic rings. The van der Waals surface area contributed by atoms with Crippen LogP contribution in [0.4, 0.5) is 15.8 Å². The number of rotatable bonds is 6. The van der Waals surface area contributed by atoms with Gasteiger partial charge in [0.25, 0.3) is 11.2 Å². The van der Waals surface area contributed by atoms with E-state index >= 15 is 0 Å². The lowest BCUT2D eigenvalue weighted by molar-refractivity contribution is -0.384. The van der Waals surface area contributed by atoms with Crippen molar-refractivity contribution in [1.82, 2.24) is 9.55 Å². The maximum absolute atomic E-state index is 13.4. The van der Waals surface area contributed by atoms with E-state index in [4.69, 9.17) is 9.72 Å². The molecule has 2 N–H and O–H groups in total. The number of cyclic esters (lactones) is 1. The number of hydrogen-bond donors (Lipinski definition) is 2. The van der Waals surface area contributed by atoms with Crippen molar-refractivity contribution in [1.29, 1.82) is 0 Å². The number of non-ortho nitro benzene ring substituents is 1. The van der Waals surface area contributed by atoms with Crippen molar-refractivity contribution in [3.63, 3.8) is 0 Å². The minimum absolute atomic E-state index is 0.0333. The molecule has 0 saturated heterocycles. The molecule has 0 aliphatic carbocycles. The van der Waals surface area contributed by atoms with Crippen LogP contribution in [0.25, 0.3) is 22.3 Å². The van der Waals surface area contributed by atoms with Crippen molar-refractivity contribution in [2.24, 2.45) is 0 Å². The average molecular weight is 531 g/mol. The number of fused-ring (bicyclic) bond motifs is 5. The van der Waals surface area contributed by atoms with E-state index < -0.39 is 16.5 Å². The maximum Gasteiger partial charge on any atom is 0.343 e. The number of ether oxygens (including phenoxy) is 1. The van der Waals surface area contributed by atoms with Gasteiger partial charge in [-0.2, -0.15) is 0 Å². The second kappa shape index (κ2) is 8.98. The van der Waals surface area contributed by atoms with E-state index in [2.05, 4.69) is 5.32 Å². The number of hydrogen-bond acceptors (Lipinski definition) is 8. The van der Waals surface area contributed by atoms with Gasteiger partial charge in [0.1, 0.15) is 12.4 Å². The normalized spacial score (nSPS) is 17.4. The number of halogens is 1. The molecule has 2 aliphatic heterocycles. The lowest BCUT2D eigenvalue weighted by atomic mass is 9.86. The summed E-state index contributed by atoms with van der Waals surface area (Å²) in [5.41, 5.74) is 1.46. The van der Waals surface area contributed by atoms with Gasteiger partial charge in [0.2, 0.25) is 0 Å². The Morgan fingerprint density at radius 2 is 1.97 bits per heavy atom. The molecule has 2 aromatic heterocycles. The van der Waals surface area contributed by atoms with Gasteiger partial charge < -0.3 is 19.7 Å². The van der Waals surface area contributed by atoms with Gasteiger partial charge in [0, 0.05) is 35.2 Å². The number of nitrogens with one attached hydrogen (secondary N) is 1. The number of nitro benzene ring substituents is 1. The van der Waals surface area contributed by atoms with Crippen molar-refractivity contribution in [3.8, 4) is 11.4 Å². The van der Waals surface area contributed by atoms with Crippen molar-refractivity contribution < 1.29 is 24.0 Å². The van der Waals surface area contributed by atoms with E-state index in [0.29, 0.717) is 46.5 Å². The van der Waals surface area contributed by atoms with E-state index in [1.807, 2.05) is 0 Å². The predicted octanol–water partition coefficient (Wildman–Crippen LogP) is 3.78. The Morgan fingerprint density at radius 3 is 2.69 bits per heavy atom. The number of carbonyl (C=O) groups excluding carboxylic acids is 1. The molecule has 0 radical (unpaired) electrons. The first-order valence-electron chi connectivity index (χ1n) is 12.5. The molecule has 2 aromatic carbocycles. The highest BCUT2D eigenvalue weighted by atomic mass is 19.1. The van der Waals surface area contributed by atoms with E-state index in [0.717, 1.165) is 5.56 Å². The van der Waals surface area contributed by atoms with E-state index in [1.54, 1.807) is 31.2 Å². The van der Waals surface area contributed by atoms with Crippen molar-refractivity contribution in [2.75, 3.05) is 11.9 Å². The van der Waals surface area contributed by atoms with Gasteiger partial charge in [-0.1, -0.05) is 19.1 Å². The monoisotopic (exact) mass is 530 g/mol. The highest BCUT2D eigenvalue weighted by molar-refractivity contribution is 5.95. The summed E-state index contributed by atoms with van der Waals surface area (Å²) >= 11 is 0. The van der Waals surface area contributed by atoms with Crippen molar-refractivity contribution in [2.45, 2.75) is 38.5 Å². The van der Waals surface area contributed by atoms with Gasteiger partial charge in [0.05, 0.1) is 39.6 Å². The summed E-state index contributed by atoms with van der Waals surface area (Å²) in [5.74, 6) is -1.13. The third-order valence-corrected chi connectivity index (χ3v) is 7.45. The fourth-order valence-electron chi connectivity index (χ4n) is 5.31. The molecular weight excluding hydrogens is 507 g/mol. The number of aromatic nitrogens is 2. The molecule has 0 spiro atoms. The first-order chi connectivity index (χ1) is 18.7. The Kier molecular flexibility index (Phi) is 5.69. The van der Waals surface area contributed by atoms with E-state index in [9.17, 15) is 29.2 Å². The minimum atomic E-state index is -1.93. The molecule has 39 heavy (non-hydrogen) atoms. The van der Waals surface area contributed by atoms with E-state index in [-0.39, 0.29) is 47.8 Å². The molecule has 11 heteroatoms. The summed E-state index contributed by atoms with van der Waals surface area (Å²) in [5, 5.41) is 26.5. The molecule has 0 bridgehead atoms. The molecular formula is C28H23FN4O6. The number of nitro groups is 1. The SMILES string of the molecule is CC[C@@]1(O)C(=O)OCc2c1cc1n(c2=O)Cc2cc3cc([N+](=O)[O-])cc(NCCc4ccc(F)cc4)c3nc2-1. The van der Waals surface area contributed by atoms with Crippen LogP contribution >= 0.6 is 0 Å². The highest BCUT2D eigenvalue weighted by Crippen LogP contribution is 2.40. The van der Waals surface area contributed by atoms with E-state index in [1.165, 1.54) is 28.8 Å². The summed E-state index contributed by atoms with van der Waals surface area (Å²) in [6.07, 6.45) is 0.580. The number of anilines is 1. The van der Waals surface area contributed by atoms with Crippen molar-refractivity contribution >= 4 is 28.2 Å². The second-order valence-corrected chi connectivity index (χ2v) is 9.72. The largest absolute Gasteiger partial charge is 0.458 e. The molecule has 0 unspecified atom stereocenters. The third-order valence-electron chi connectivity index (χ3n) is 7.45. The highest BCUT2D eigenvalue weighted by Gasteiger charge is 2.45. The average Bonchev–Trinajstić information content (AvgIpc) is 3.28. The molecule has 0 fully saturated rings. The molecule has 1 atom stereocenters. The summed E-state index contributed by atoms with van der Waals surface area (Å²) in [6.45, 7) is 2.01. The summed E-state index contributed by atoms with van der Waals surface area (Å²) < 4.78 is 19.9. The van der Waals surface area contributed by atoms with Crippen LogP contribution in [0.5, 0.6) is 0 Å². The molecule has 0 saturated carbocycles. The van der Waals surface area contributed by atoms with Gasteiger partial charge in [-0.05, 0) is 42.7 Å². The van der Waals surface area contributed by atoms with Crippen LogP contribution in [-0.4, -0.2) is 32.1 Å². The fraction of sp³-hybridized carbons (Fsp3) is 0.250. The zero-order chi connectivity index (χ0) is 27.5. The first-order valence-corrected chi connectivity index (χ1v) is 12.5. The maximum atomic E-state index is 13.4. The summed E-state index contributed by atoms with van der Waals surface area (Å²) in [6, 6.07) is 12.3. The number of nitrogens with zero attached hydrogens (tertiary/aromatic N) is 3. The number of esters is 1. The van der Waals surface area contributed by atoms with Crippen molar-refractivity contribution in [3.05, 3.63) is 97.1 Å². The molecule has 198 valence electrons. The second-order valence-electron chi connectivity index (χ2n) is 9.72. The lowest BCUT2D eigenvalue weighted by Gasteiger charge is -2.31. The zero-order valence-corrected chi connectivity index (χ0v) is 20.9. The van der Waals surface area contributed by atoms with Gasteiger partial charge in [-0.15, -0.1) is 0 Å². The lowest BCUT2D eigenvalue weighted by Crippen LogP contribution is -2.44. The molecule has 6 rings (SSSR count). The Labute approximate surface area is 220 Å². The number of aliphatic hydroxyl groups is 1. The Hall–Kier alpha value is -4.64. The third kappa shape index (κ3) is 3.93. The zero-order valence-electron chi connectivity index (χ0n) is 20.9. The number of benzene rings is 2. The van der Waals surface area contributed by atoms with Gasteiger partial charge in [-0.25, -0.2) is 14.2 Å². The van der Waals surface area contributed by atoms with Crippen LogP contribution in [-0.2, 0) is 34.7 Å². The molecule has 4 heterocycles. The molecule has 0 amide bonds. The molecule has 2 aliphatic rings. The minimum Gasteiger partial charge on any atom is -0.458 e.